The maximum atomic E-state index is 9.54. The number of oxazole rings is 1. The minimum absolute atomic E-state index is 0.551. The molecule has 220 valence electrons. The van der Waals surface area contributed by atoms with Crippen LogP contribution in [0, 0.1) is 11.3 Å². The fourth-order valence-electron chi connectivity index (χ4n) is 5.69. The zero-order valence-electron chi connectivity index (χ0n) is 25.1. The first-order valence-electron chi connectivity index (χ1n) is 15.2. The second-order valence-electron chi connectivity index (χ2n) is 11.1. The van der Waals surface area contributed by atoms with Crippen LogP contribution in [-0.4, -0.2) is 19.9 Å². The van der Waals surface area contributed by atoms with Crippen molar-refractivity contribution in [3.8, 4) is 73.9 Å². The third-order valence-electron chi connectivity index (χ3n) is 8.00. The van der Waals surface area contributed by atoms with Crippen LogP contribution in [0.2, 0.25) is 0 Å². The van der Waals surface area contributed by atoms with Crippen LogP contribution in [-0.2, 0) is 0 Å². The Kier molecular flexibility index (Phi) is 7.10. The van der Waals surface area contributed by atoms with E-state index < -0.39 is 0 Å². The molecule has 0 fully saturated rings. The second kappa shape index (κ2) is 12.0. The predicted molar refractivity (Wildman–Crippen MR) is 185 cm³/mol. The molecule has 8 aromatic rings. The molecule has 6 heteroatoms. The molecule has 8 rings (SSSR count). The summed E-state index contributed by atoms with van der Waals surface area (Å²) in [7, 11) is 0. The summed E-state index contributed by atoms with van der Waals surface area (Å²) in [6, 6.07) is 51.9. The van der Waals surface area contributed by atoms with Gasteiger partial charge in [0.15, 0.2) is 23.1 Å². The zero-order valence-corrected chi connectivity index (χ0v) is 25.1. The monoisotopic (exact) mass is 603 g/mol. The van der Waals surface area contributed by atoms with E-state index in [1.54, 1.807) is 6.07 Å². The molecule has 0 aliphatic rings. The molecule has 2 aromatic heterocycles. The summed E-state index contributed by atoms with van der Waals surface area (Å²) in [5, 5.41) is 9.54. The standard InChI is InChI=1S/C41H25N5O/c42-26-27-11-8-16-31(23-27)34-19-4-5-20-35(34)40-45-38(28-12-2-1-3-13-28)44-39(46-40)32-17-9-14-29(24-32)30-15-10-18-33(25-30)41-43-36-21-6-7-22-37(36)47-41/h1-25H. The van der Waals surface area contributed by atoms with Crippen molar-refractivity contribution in [1.82, 2.24) is 19.9 Å². The molecule has 0 saturated heterocycles. The molecule has 0 spiro atoms. The zero-order chi connectivity index (χ0) is 31.6. The van der Waals surface area contributed by atoms with Crippen LogP contribution < -0.4 is 0 Å². The highest BCUT2D eigenvalue weighted by atomic mass is 16.3. The third kappa shape index (κ3) is 5.54. The van der Waals surface area contributed by atoms with E-state index in [1.165, 1.54) is 0 Å². The third-order valence-corrected chi connectivity index (χ3v) is 8.00. The fourth-order valence-corrected chi connectivity index (χ4v) is 5.69. The first-order chi connectivity index (χ1) is 23.2. The minimum Gasteiger partial charge on any atom is -0.436 e. The van der Waals surface area contributed by atoms with Crippen molar-refractivity contribution in [3.63, 3.8) is 0 Å². The fraction of sp³-hybridized carbons (Fsp3) is 0. The van der Waals surface area contributed by atoms with Crippen LogP contribution in [0.4, 0.5) is 0 Å². The molecule has 0 unspecified atom stereocenters. The van der Waals surface area contributed by atoms with Gasteiger partial charge in [-0.05, 0) is 64.7 Å². The molecule has 2 heterocycles. The van der Waals surface area contributed by atoms with E-state index in [0.29, 0.717) is 28.9 Å². The maximum absolute atomic E-state index is 9.54. The van der Waals surface area contributed by atoms with Crippen molar-refractivity contribution in [2.24, 2.45) is 0 Å². The van der Waals surface area contributed by atoms with Crippen LogP contribution in [0.3, 0.4) is 0 Å². The van der Waals surface area contributed by atoms with Gasteiger partial charge in [0, 0.05) is 22.3 Å². The van der Waals surface area contributed by atoms with E-state index in [0.717, 1.165) is 55.6 Å². The summed E-state index contributed by atoms with van der Waals surface area (Å²) in [4.78, 5) is 19.7. The SMILES string of the molecule is N#Cc1cccc(-c2ccccc2-c2nc(-c3ccccc3)nc(-c3cccc(-c4cccc(-c5nc6ccccc6o5)c4)c3)n2)c1. The normalized spacial score (nSPS) is 11.0. The average Bonchev–Trinajstić information content (AvgIpc) is 3.60. The lowest BCUT2D eigenvalue weighted by molar-refractivity contribution is 0.620. The van der Waals surface area contributed by atoms with E-state index in [1.807, 2.05) is 121 Å². The summed E-state index contributed by atoms with van der Waals surface area (Å²) >= 11 is 0. The summed E-state index contributed by atoms with van der Waals surface area (Å²) in [5.41, 5.74) is 9.57. The Bertz CT molecular complexity index is 2410. The summed E-state index contributed by atoms with van der Waals surface area (Å²) in [5.74, 6) is 2.27. The molecule has 0 saturated carbocycles. The molecule has 0 amide bonds. The first kappa shape index (κ1) is 27.8. The predicted octanol–water partition coefficient (Wildman–Crippen LogP) is 9.89. The molecule has 6 aromatic carbocycles. The molecular weight excluding hydrogens is 578 g/mol. The average molecular weight is 604 g/mol. The molecule has 0 N–H and O–H groups in total. The van der Waals surface area contributed by atoms with Crippen LogP contribution in [0.25, 0.3) is 79.0 Å². The van der Waals surface area contributed by atoms with Crippen LogP contribution in [0.1, 0.15) is 5.56 Å². The molecule has 0 radical (unpaired) electrons. The van der Waals surface area contributed by atoms with Crippen LogP contribution in [0.15, 0.2) is 156 Å². The van der Waals surface area contributed by atoms with Crippen molar-refractivity contribution < 1.29 is 4.42 Å². The number of hydrogen-bond acceptors (Lipinski definition) is 6. The van der Waals surface area contributed by atoms with E-state index in [-0.39, 0.29) is 0 Å². The molecular formula is C41H25N5O. The van der Waals surface area contributed by atoms with E-state index in [4.69, 9.17) is 19.4 Å². The first-order valence-corrected chi connectivity index (χ1v) is 15.2. The molecule has 6 nitrogen and oxygen atoms in total. The second-order valence-corrected chi connectivity index (χ2v) is 11.1. The topological polar surface area (TPSA) is 88.5 Å². The Morgan fingerprint density at radius 3 is 1.79 bits per heavy atom. The van der Waals surface area contributed by atoms with Gasteiger partial charge in [-0.1, -0.05) is 109 Å². The Morgan fingerprint density at radius 2 is 1.00 bits per heavy atom. The Labute approximate surface area is 271 Å². The quantitative estimate of drug-likeness (QED) is 0.188. The lowest BCUT2D eigenvalue weighted by atomic mass is 9.97. The van der Waals surface area contributed by atoms with Gasteiger partial charge >= 0.3 is 0 Å². The van der Waals surface area contributed by atoms with Gasteiger partial charge in [0.2, 0.25) is 5.89 Å². The van der Waals surface area contributed by atoms with Crippen molar-refractivity contribution >= 4 is 11.1 Å². The number of aromatic nitrogens is 4. The lowest BCUT2D eigenvalue weighted by Gasteiger charge is -2.13. The van der Waals surface area contributed by atoms with Crippen molar-refractivity contribution in [2.75, 3.05) is 0 Å². The number of nitrogens with zero attached hydrogens (tertiary/aromatic N) is 5. The Hall–Kier alpha value is -6.71. The van der Waals surface area contributed by atoms with Crippen molar-refractivity contribution in [1.29, 1.82) is 5.26 Å². The van der Waals surface area contributed by atoms with Crippen LogP contribution >= 0.6 is 0 Å². The maximum Gasteiger partial charge on any atom is 0.227 e. The van der Waals surface area contributed by atoms with Gasteiger partial charge < -0.3 is 4.42 Å². The molecule has 0 atom stereocenters. The van der Waals surface area contributed by atoms with Gasteiger partial charge in [-0.15, -0.1) is 0 Å². The van der Waals surface area contributed by atoms with Crippen LogP contribution in [0.5, 0.6) is 0 Å². The van der Waals surface area contributed by atoms with E-state index in [9.17, 15) is 5.26 Å². The number of hydrogen-bond donors (Lipinski definition) is 0. The smallest absolute Gasteiger partial charge is 0.227 e. The Balaban J connectivity index is 1.24. The van der Waals surface area contributed by atoms with Gasteiger partial charge in [0.25, 0.3) is 0 Å². The van der Waals surface area contributed by atoms with Crippen molar-refractivity contribution in [2.45, 2.75) is 0 Å². The summed E-state index contributed by atoms with van der Waals surface area (Å²) < 4.78 is 6.05. The number of benzene rings is 6. The highest BCUT2D eigenvalue weighted by molar-refractivity contribution is 5.83. The van der Waals surface area contributed by atoms with Crippen molar-refractivity contribution in [3.05, 3.63) is 157 Å². The Morgan fingerprint density at radius 1 is 0.426 bits per heavy atom. The summed E-state index contributed by atoms with van der Waals surface area (Å²) in [6.07, 6.45) is 0. The number of nitriles is 1. The largest absolute Gasteiger partial charge is 0.436 e. The highest BCUT2D eigenvalue weighted by Gasteiger charge is 2.16. The summed E-state index contributed by atoms with van der Waals surface area (Å²) in [6.45, 7) is 0. The highest BCUT2D eigenvalue weighted by Crippen LogP contribution is 2.34. The molecule has 0 aliphatic heterocycles. The molecule has 0 aliphatic carbocycles. The van der Waals surface area contributed by atoms with Gasteiger partial charge in [0.05, 0.1) is 11.6 Å². The van der Waals surface area contributed by atoms with Gasteiger partial charge in [-0.25, -0.2) is 19.9 Å². The lowest BCUT2D eigenvalue weighted by Crippen LogP contribution is -2.01. The number of fused-ring (bicyclic) bond motifs is 1. The minimum atomic E-state index is 0.551. The molecule has 0 bridgehead atoms. The molecule has 47 heavy (non-hydrogen) atoms. The number of rotatable bonds is 6. The van der Waals surface area contributed by atoms with Gasteiger partial charge in [-0.2, -0.15) is 5.26 Å². The van der Waals surface area contributed by atoms with Gasteiger partial charge in [-0.3, -0.25) is 0 Å². The van der Waals surface area contributed by atoms with E-state index in [2.05, 4.69) is 35.3 Å². The van der Waals surface area contributed by atoms with E-state index >= 15 is 0 Å². The van der Waals surface area contributed by atoms with Gasteiger partial charge in [0.1, 0.15) is 5.52 Å². The number of para-hydroxylation sites is 2.